The van der Waals surface area contributed by atoms with E-state index in [1.165, 1.54) is 78.2 Å². The van der Waals surface area contributed by atoms with E-state index in [4.69, 9.17) is 26.1 Å². The Bertz CT molecular complexity index is 5370. The highest BCUT2D eigenvalue weighted by Gasteiger charge is 2.20. The molecular formula is C59H47F3N24O7S8. The first-order valence-electron chi connectivity index (χ1n) is 28.4. The Morgan fingerprint density at radius 3 is 1.43 bits per heavy atom. The molecule has 8 aromatic heterocycles. The number of nitrogens with two attached hydrogens (primary N) is 1. The number of aromatic hydroxyl groups is 4. The SMILES string of the molecule is CCNc1cccc2c(O)c(C(N)=O)cc(N=Nc3snc4nc(SC)ncc34)c12.CSc1ncc2c(N=Nc3cc(COC=N)c(O)c(NC(C)=O)c3)snc2n1.CSc1ncc2c(N=Nc3cc(F)c(O)c(F)c3)snc2n1.CSc1ncc2c(N=Nc3ccc(O)c(F)c3)snc2n1. The normalized spacial score (nSPS) is 11.4. The van der Waals surface area contributed by atoms with Crippen LogP contribution >= 0.6 is 93.2 Å². The molecule has 0 fully saturated rings. The van der Waals surface area contributed by atoms with Crippen LogP contribution in [0.5, 0.6) is 23.0 Å². The molecule has 31 nitrogen and oxygen atoms in total. The number of rotatable bonds is 19. The van der Waals surface area contributed by atoms with Gasteiger partial charge < -0.3 is 41.5 Å². The number of carbonyl (C=O) groups is 2. The molecule has 0 radical (unpaired) electrons. The molecule has 0 spiro atoms. The second-order valence-electron chi connectivity index (χ2n) is 19.5. The van der Waals surface area contributed by atoms with E-state index in [1.54, 1.807) is 43.0 Å². The summed E-state index contributed by atoms with van der Waals surface area (Å²) in [5.74, 6) is -5.84. The maximum absolute atomic E-state index is 13.2. The highest BCUT2D eigenvalue weighted by Crippen LogP contribution is 2.43. The average Bonchev–Trinajstić information content (AvgIpc) is 1.67. The Morgan fingerprint density at radius 1 is 0.554 bits per heavy atom. The van der Waals surface area contributed by atoms with Gasteiger partial charge in [-0.05, 0) is 114 Å². The summed E-state index contributed by atoms with van der Waals surface area (Å²) in [5.41, 5.74) is 9.88. The van der Waals surface area contributed by atoms with Crippen LogP contribution in [-0.4, -0.2) is 128 Å². The van der Waals surface area contributed by atoms with E-state index in [0.717, 1.165) is 76.4 Å². The molecule has 0 unspecified atom stereocenters. The molecule has 5 aromatic carbocycles. The molecule has 2 amide bonds. The van der Waals surface area contributed by atoms with E-state index in [9.17, 15) is 33.0 Å². The van der Waals surface area contributed by atoms with Crippen molar-refractivity contribution in [3.05, 3.63) is 120 Å². The summed E-state index contributed by atoms with van der Waals surface area (Å²) in [5, 5.41) is 92.7. The van der Waals surface area contributed by atoms with E-state index < -0.39 is 34.9 Å². The van der Waals surface area contributed by atoms with Crippen LogP contribution in [0, 0.1) is 22.9 Å². The summed E-state index contributed by atoms with van der Waals surface area (Å²) in [6.45, 7) is 3.90. The largest absolute Gasteiger partial charge is 0.506 e. The van der Waals surface area contributed by atoms with E-state index in [2.05, 4.69) is 109 Å². The lowest BCUT2D eigenvalue weighted by atomic mass is 10.0. The third-order valence-electron chi connectivity index (χ3n) is 13.0. The van der Waals surface area contributed by atoms with Crippen LogP contribution in [-0.2, 0) is 16.1 Å². The fourth-order valence-electron chi connectivity index (χ4n) is 8.43. The number of hydrogen-bond acceptors (Lipinski definition) is 37. The number of benzene rings is 5. The monoisotopic (exact) mass is 1520 g/mol. The van der Waals surface area contributed by atoms with Crippen LogP contribution in [0.4, 0.5) is 67.3 Å². The van der Waals surface area contributed by atoms with E-state index in [-0.39, 0.29) is 41.0 Å². The van der Waals surface area contributed by atoms with Crippen LogP contribution in [0.3, 0.4) is 0 Å². The average molecular weight is 1520 g/mol. The molecular weight excluding hydrogens is 1470 g/mol. The summed E-state index contributed by atoms with van der Waals surface area (Å²) < 4.78 is 61.4. The number of nitrogens with one attached hydrogen (secondary N) is 3. The predicted octanol–water partition coefficient (Wildman–Crippen LogP) is 16.9. The lowest BCUT2D eigenvalue weighted by Gasteiger charge is -2.13. The summed E-state index contributed by atoms with van der Waals surface area (Å²) in [6, 6.07) is 15.4. The molecule has 0 saturated carbocycles. The van der Waals surface area contributed by atoms with Gasteiger partial charge >= 0.3 is 0 Å². The molecule has 0 aliphatic carbocycles. The Hall–Kier alpha value is -10.8. The smallest absolute Gasteiger partial charge is 0.252 e. The number of aromatic nitrogens is 12. The zero-order valence-corrected chi connectivity index (χ0v) is 59.1. The lowest BCUT2D eigenvalue weighted by Crippen LogP contribution is -2.11. The highest BCUT2D eigenvalue weighted by molar-refractivity contribution is 7.99. The number of primary amides is 1. The predicted molar refractivity (Wildman–Crippen MR) is 385 cm³/mol. The number of amides is 2. The maximum Gasteiger partial charge on any atom is 0.252 e. The van der Waals surface area contributed by atoms with Crippen molar-refractivity contribution in [1.29, 1.82) is 5.41 Å². The molecule has 0 aliphatic rings. The third-order valence-corrected chi connectivity index (χ3v) is 18.2. The van der Waals surface area contributed by atoms with Crippen molar-refractivity contribution in [3.8, 4) is 23.0 Å². The molecule has 0 bridgehead atoms. The van der Waals surface area contributed by atoms with Crippen LogP contribution in [0.2, 0.25) is 0 Å². The summed E-state index contributed by atoms with van der Waals surface area (Å²) >= 11 is 10.2. The molecule has 13 aromatic rings. The van der Waals surface area contributed by atoms with Crippen LogP contribution in [0.1, 0.15) is 29.8 Å². The van der Waals surface area contributed by atoms with Gasteiger partial charge in [0.05, 0.1) is 55.5 Å². The molecule has 514 valence electrons. The van der Waals surface area contributed by atoms with Gasteiger partial charge in [-0.25, -0.2) is 53.0 Å². The fraction of sp³-hybridized carbons (Fsp3) is 0.136. The molecule has 0 saturated heterocycles. The minimum Gasteiger partial charge on any atom is -0.506 e. The molecule has 101 heavy (non-hydrogen) atoms. The summed E-state index contributed by atoms with van der Waals surface area (Å²) in [7, 11) is 0. The highest BCUT2D eigenvalue weighted by atomic mass is 32.2. The number of fused-ring (bicyclic) bond motifs is 5. The van der Waals surface area contributed by atoms with E-state index in [0.29, 0.717) is 125 Å². The van der Waals surface area contributed by atoms with Gasteiger partial charge in [0, 0.05) is 78.5 Å². The van der Waals surface area contributed by atoms with Crippen molar-refractivity contribution < 1.29 is 47.9 Å². The van der Waals surface area contributed by atoms with Crippen molar-refractivity contribution in [2.45, 2.75) is 41.1 Å². The number of phenols is 4. The number of anilines is 2. The Morgan fingerprint density at radius 2 is 1.00 bits per heavy atom. The number of azo groups is 4. The van der Waals surface area contributed by atoms with E-state index >= 15 is 0 Å². The number of phenolic OH excluding ortho intramolecular Hbond substituents is 3. The number of ether oxygens (including phenoxy) is 1. The molecule has 0 atom stereocenters. The van der Waals surface area contributed by atoms with Gasteiger partial charge in [0.2, 0.25) is 5.91 Å². The first kappa shape index (κ1) is 73.0. The molecule has 13 rings (SSSR count). The van der Waals surface area contributed by atoms with Crippen LogP contribution < -0.4 is 16.4 Å². The second-order valence-corrected chi connectivity index (χ2v) is 25.6. The Balaban J connectivity index is 0.000000147. The first-order valence-corrected chi connectivity index (χ1v) is 36.3. The van der Waals surface area contributed by atoms with Gasteiger partial charge in [-0.2, -0.15) is 17.5 Å². The minimum absolute atomic E-state index is 0.0211. The van der Waals surface area contributed by atoms with Crippen molar-refractivity contribution in [1.82, 2.24) is 57.4 Å². The zero-order chi connectivity index (χ0) is 71.9. The van der Waals surface area contributed by atoms with Gasteiger partial charge in [-0.1, -0.05) is 59.2 Å². The zero-order valence-electron chi connectivity index (χ0n) is 52.6. The second kappa shape index (κ2) is 33.9. The van der Waals surface area contributed by atoms with Crippen LogP contribution in [0.15, 0.2) is 153 Å². The van der Waals surface area contributed by atoms with Gasteiger partial charge in [-0.15, -0.1) is 40.9 Å². The molecule has 8 heterocycles. The third kappa shape index (κ3) is 17.8. The molecule has 0 aliphatic heterocycles. The number of halogens is 3. The number of thioether (sulfide) groups is 4. The number of hydrogen-bond donors (Lipinski definition) is 8. The van der Waals surface area contributed by atoms with Gasteiger partial charge in [0.15, 0.2) is 98.6 Å². The van der Waals surface area contributed by atoms with Crippen molar-refractivity contribution >= 4 is 220 Å². The number of nitrogens with zero attached hydrogens (tertiary/aromatic N) is 20. The maximum atomic E-state index is 13.2. The fourth-order valence-corrected chi connectivity index (χ4v) is 12.3. The van der Waals surface area contributed by atoms with E-state index in [1.807, 2.05) is 38.0 Å². The molecule has 42 heteroatoms. The number of carbonyl (C=O) groups excluding carboxylic acids is 2. The summed E-state index contributed by atoms with van der Waals surface area (Å²) in [4.78, 5) is 57.1. The quantitative estimate of drug-likeness (QED) is 0.00930. The Kier molecular flexibility index (Phi) is 24.5. The van der Waals surface area contributed by atoms with Crippen molar-refractivity contribution in [2.75, 3.05) is 42.2 Å². The first-order chi connectivity index (χ1) is 48.8. The van der Waals surface area contributed by atoms with Gasteiger partial charge in [0.1, 0.15) is 18.1 Å². The summed E-state index contributed by atoms with van der Waals surface area (Å²) in [6.07, 6.45) is 14.8. The Labute approximate surface area is 600 Å². The van der Waals surface area contributed by atoms with Gasteiger partial charge in [-0.3, -0.25) is 15.0 Å². The topological polar surface area (TPSA) is 452 Å². The lowest BCUT2D eigenvalue weighted by molar-refractivity contribution is -0.114. The van der Waals surface area contributed by atoms with Crippen LogP contribution in [0.25, 0.3) is 54.9 Å². The minimum atomic E-state index is -1.10. The standard InChI is InChI=1S/C19H17N7O2S2.C16H15N7O3S2.C12H7F2N5OS2.C12H8FN5OS2/c1-3-21-12-6-4-5-9-14(12)13(7-10(15(9)27)16(20)28)24-25-18-11-8-22-19(29-2)23-17(11)26-30-18;1-8(24)19-12-4-10(3-9(13(12)25)6-26-7-17)21-22-15-11-5-18-16(27-2)20-14(11)23-28-15;1-21-12-15-4-6-10(16-12)19-22-11(6)18-17-5-2-7(13)9(20)8(14)3-5;1-20-12-14-5-7-10(15-12)18-21-11(7)17-16-6-2-3-9(19)8(13)4-6/h4-8,21,27H,3H2,1-2H3,(H2,20,28);3-5,7,17,25H,6H2,1-2H3,(H,19,24);2-4,20H,1H3;2-5,19H,1H3. The molecule has 9 N–H and O–H groups in total. The van der Waals surface area contributed by atoms with Gasteiger partial charge in [0.25, 0.3) is 5.91 Å². The van der Waals surface area contributed by atoms with Crippen molar-refractivity contribution in [2.24, 2.45) is 46.6 Å². The van der Waals surface area contributed by atoms with Crippen molar-refractivity contribution in [3.63, 3.8) is 0 Å².